The van der Waals surface area contributed by atoms with E-state index in [9.17, 15) is 9.59 Å². The summed E-state index contributed by atoms with van der Waals surface area (Å²) in [5, 5.41) is 8.94. The minimum absolute atomic E-state index is 0.236. The van der Waals surface area contributed by atoms with Crippen LogP contribution in [0.2, 0.25) is 0 Å². The number of nitrogens with zero attached hydrogens (tertiary/aromatic N) is 1. The molecule has 0 atom stereocenters. The van der Waals surface area contributed by atoms with Gasteiger partial charge in [-0.15, -0.1) is 0 Å². The van der Waals surface area contributed by atoms with E-state index in [1.807, 2.05) is 6.92 Å². The number of hydrogen-bond acceptors (Lipinski definition) is 3. The summed E-state index contributed by atoms with van der Waals surface area (Å²) in [6.45, 7) is 3.38. The van der Waals surface area contributed by atoms with Crippen molar-refractivity contribution in [1.82, 2.24) is 4.90 Å². The van der Waals surface area contributed by atoms with Gasteiger partial charge in [0.2, 0.25) is 0 Å². The summed E-state index contributed by atoms with van der Waals surface area (Å²) < 4.78 is 5.48. The largest absolute Gasteiger partial charge is 0.481 e. The maximum absolute atomic E-state index is 11.6. The Balaban J connectivity index is 1.95. The van der Waals surface area contributed by atoms with Gasteiger partial charge >= 0.3 is 12.1 Å². The lowest BCUT2D eigenvalue weighted by Crippen LogP contribution is -2.40. The number of rotatable bonds is 3. The highest BCUT2D eigenvalue weighted by Crippen LogP contribution is 2.39. The van der Waals surface area contributed by atoms with Crippen molar-refractivity contribution in [1.29, 1.82) is 0 Å². The third-order valence-corrected chi connectivity index (χ3v) is 3.78. The van der Waals surface area contributed by atoms with Crippen molar-refractivity contribution in [2.75, 3.05) is 13.1 Å². The lowest BCUT2D eigenvalue weighted by molar-refractivity contribution is -0.144. The lowest BCUT2D eigenvalue weighted by atomic mass is 9.79. The smallest absolute Gasteiger partial charge is 0.410 e. The molecular weight excluding hydrogens is 222 g/mol. The van der Waals surface area contributed by atoms with Crippen LogP contribution in [0.25, 0.3) is 0 Å². The van der Waals surface area contributed by atoms with E-state index in [-0.39, 0.29) is 12.0 Å². The third-order valence-electron chi connectivity index (χ3n) is 3.78. The maximum atomic E-state index is 11.6. The number of carboxylic acid groups (broad SMARTS) is 1. The van der Waals surface area contributed by atoms with Crippen LogP contribution in [0.1, 0.15) is 39.0 Å². The van der Waals surface area contributed by atoms with Crippen LogP contribution in [0.15, 0.2) is 0 Å². The average molecular weight is 241 g/mol. The van der Waals surface area contributed by atoms with E-state index in [4.69, 9.17) is 9.84 Å². The number of carbonyl (C=O) groups excluding carboxylic acids is 1. The first kappa shape index (κ1) is 12.2. The van der Waals surface area contributed by atoms with Gasteiger partial charge in [-0.25, -0.2) is 4.79 Å². The van der Waals surface area contributed by atoms with Crippen molar-refractivity contribution in [3.63, 3.8) is 0 Å². The van der Waals surface area contributed by atoms with Gasteiger partial charge in [0.15, 0.2) is 0 Å². The van der Waals surface area contributed by atoms with Crippen LogP contribution in [-0.4, -0.2) is 40.8 Å². The zero-order chi connectivity index (χ0) is 12.5. The van der Waals surface area contributed by atoms with Gasteiger partial charge in [0.05, 0.1) is 12.5 Å². The van der Waals surface area contributed by atoms with Gasteiger partial charge in [-0.2, -0.15) is 0 Å². The van der Waals surface area contributed by atoms with Gasteiger partial charge in [-0.05, 0) is 32.1 Å². The molecule has 1 heterocycles. The molecule has 0 aromatic rings. The van der Waals surface area contributed by atoms with Crippen LogP contribution in [0.5, 0.6) is 0 Å². The molecule has 0 aromatic heterocycles. The first-order chi connectivity index (χ1) is 8.06. The summed E-state index contributed by atoms with van der Waals surface area (Å²) in [6.07, 6.45) is 3.26. The monoisotopic (exact) mass is 241 g/mol. The van der Waals surface area contributed by atoms with Gasteiger partial charge in [0.1, 0.15) is 5.60 Å². The highest BCUT2D eigenvalue weighted by Gasteiger charge is 2.47. The fourth-order valence-electron chi connectivity index (χ4n) is 2.79. The summed E-state index contributed by atoms with van der Waals surface area (Å²) in [4.78, 5) is 24.2. The van der Waals surface area contributed by atoms with Crippen molar-refractivity contribution in [3.8, 4) is 0 Å². The first-order valence-corrected chi connectivity index (χ1v) is 6.27. The van der Waals surface area contributed by atoms with Crippen molar-refractivity contribution >= 4 is 12.1 Å². The molecule has 1 aliphatic heterocycles. The van der Waals surface area contributed by atoms with E-state index in [1.165, 1.54) is 0 Å². The molecule has 5 heteroatoms. The summed E-state index contributed by atoms with van der Waals surface area (Å²) in [5.41, 5.74) is -0.405. The predicted molar refractivity (Wildman–Crippen MR) is 60.7 cm³/mol. The molecule has 0 aromatic carbocycles. The fraction of sp³-hybridized carbons (Fsp3) is 0.833. The predicted octanol–water partition coefficient (Wildman–Crippen LogP) is 1.86. The Hall–Kier alpha value is -1.26. The third kappa shape index (κ3) is 2.37. The van der Waals surface area contributed by atoms with Crippen LogP contribution in [0, 0.1) is 5.92 Å². The van der Waals surface area contributed by atoms with Crippen molar-refractivity contribution in [2.24, 2.45) is 5.92 Å². The fourth-order valence-corrected chi connectivity index (χ4v) is 2.79. The minimum atomic E-state index is -0.727. The minimum Gasteiger partial charge on any atom is -0.481 e. The molecule has 1 aliphatic carbocycles. The molecule has 1 amide bonds. The molecule has 5 nitrogen and oxygen atoms in total. The van der Waals surface area contributed by atoms with Crippen molar-refractivity contribution in [3.05, 3.63) is 0 Å². The Kier molecular flexibility index (Phi) is 3.26. The standard InChI is InChI=1S/C12H19NO4/c1-2-7-13-8-12(17-11(13)16)5-3-9(4-6-12)10(14)15/h9H,2-8H2,1H3,(H,14,15). The maximum Gasteiger partial charge on any atom is 0.410 e. The topological polar surface area (TPSA) is 66.8 Å². The van der Waals surface area contributed by atoms with Crippen molar-refractivity contribution in [2.45, 2.75) is 44.6 Å². The Labute approximate surface area is 101 Å². The lowest BCUT2D eigenvalue weighted by Gasteiger charge is -2.33. The van der Waals surface area contributed by atoms with Gasteiger partial charge < -0.3 is 14.7 Å². The van der Waals surface area contributed by atoms with Crippen LogP contribution < -0.4 is 0 Å². The van der Waals surface area contributed by atoms with Crippen molar-refractivity contribution < 1.29 is 19.4 Å². The Morgan fingerprint density at radius 2 is 2.18 bits per heavy atom. The molecule has 2 fully saturated rings. The Morgan fingerprint density at radius 1 is 1.53 bits per heavy atom. The summed E-state index contributed by atoms with van der Waals surface area (Å²) >= 11 is 0. The molecule has 1 N–H and O–H groups in total. The Bertz CT molecular complexity index is 320. The molecule has 17 heavy (non-hydrogen) atoms. The number of ether oxygens (including phenoxy) is 1. The normalized spacial score (nSPS) is 32.9. The highest BCUT2D eigenvalue weighted by atomic mass is 16.6. The van der Waals surface area contributed by atoms with E-state index < -0.39 is 11.6 Å². The van der Waals surface area contributed by atoms with E-state index in [0.717, 1.165) is 13.0 Å². The molecule has 2 rings (SSSR count). The number of carbonyl (C=O) groups is 2. The second-order valence-electron chi connectivity index (χ2n) is 5.09. The molecule has 1 saturated carbocycles. The molecule has 0 bridgehead atoms. The average Bonchev–Trinajstić information content (AvgIpc) is 2.57. The quantitative estimate of drug-likeness (QED) is 0.819. The number of aliphatic carboxylic acids is 1. The summed E-state index contributed by atoms with van der Waals surface area (Å²) in [6, 6.07) is 0. The van der Waals surface area contributed by atoms with Crippen LogP contribution >= 0.6 is 0 Å². The highest BCUT2D eigenvalue weighted by molar-refractivity contribution is 5.72. The zero-order valence-corrected chi connectivity index (χ0v) is 10.1. The van der Waals surface area contributed by atoms with Gasteiger partial charge in [0.25, 0.3) is 0 Å². The van der Waals surface area contributed by atoms with Crippen LogP contribution in [-0.2, 0) is 9.53 Å². The second-order valence-corrected chi connectivity index (χ2v) is 5.09. The van der Waals surface area contributed by atoms with E-state index >= 15 is 0 Å². The number of hydrogen-bond donors (Lipinski definition) is 1. The molecule has 1 spiro atoms. The summed E-state index contributed by atoms with van der Waals surface area (Å²) in [5.74, 6) is -0.992. The van der Waals surface area contributed by atoms with Gasteiger partial charge in [-0.1, -0.05) is 6.92 Å². The number of carboxylic acids is 1. The zero-order valence-electron chi connectivity index (χ0n) is 10.1. The SMILES string of the molecule is CCCN1CC2(CCC(C(=O)O)CC2)OC1=O. The molecule has 1 saturated heterocycles. The van der Waals surface area contributed by atoms with E-state index in [1.54, 1.807) is 4.90 Å². The van der Waals surface area contributed by atoms with Gasteiger partial charge in [0, 0.05) is 6.54 Å². The number of amides is 1. The molecular formula is C12H19NO4. The van der Waals surface area contributed by atoms with E-state index in [0.29, 0.717) is 32.2 Å². The van der Waals surface area contributed by atoms with Gasteiger partial charge in [-0.3, -0.25) is 4.79 Å². The Morgan fingerprint density at radius 3 is 2.71 bits per heavy atom. The molecule has 2 aliphatic rings. The van der Waals surface area contributed by atoms with Crippen LogP contribution in [0.3, 0.4) is 0 Å². The molecule has 0 unspecified atom stereocenters. The first-order valence-electron chi connectivity index (χ1n) is 6.27. The molecule has 0 radical (unpaired) electrons. The molecule has 96 valence electrons. The van der Waals surface area contributed by atoms with E-state index in [2.05, 4.69) is 0 Å². The van der Waals surface area contributed by atoms with Crippen LogP contribution in [0.4, 0.5) is 4.79 Å². The summed E-state index contributed by atoms with van der Waals surface area (Å²) in [7, 11) is 0. The second kappa shape index (κ2) is 4.55.